The summed E-state index contributed by atoms with van der Waals surface area (Å²) in [6.07, 6.45) is 2.16. The number of hydrogen-bond acceptors (Lipinski definition) is 7. The highest BCUT2D eigenvalue weighted by molar-refractivity contribution is 5.96. The van der Waals surface area contributed by atoms with Gasteiger partial charge in [-0.3, -0.25) is 9.59 Å². The molecule has 1 N–H and O–H groups in total. The minimum atomic E-state index is -0.192. The van der Waals surface area contributed by atoms with Gasteiger partial charge in [0, 0.05) is 57.9 Å². The maximum Gasteiger partial charge on any atom is 0.254 e. The molecule has 172 valence electrons. The van der Waals surface area contributed by atoms with Crippen LogP contribution in [0.2, 0.25) is 0 Å². The number of carbonyl (C=O) groups is 2. The first kappa shape index (κ1) is 23.1. The molecule has 0 spiro atoms. The zero-order valence-corrected chi connectivity index (χ0v) is 18.6. The second-order valence-electron chi connectivity index (χ2n) is 7.68. The smallest absolute Gasteiger partial charge is 0.254 e. The maximum atomic E-state index is 13.4. The molecule has 2 heterocycles. The number of methoxy groups -OCH3 is 3. The highest BCUT2D eigenvalue weighted by Crippen LogP contribution is 2.38. The average molecular weight is 436 g/mol. The number of benzene rings is 1. The van der Waals surface area contributed by atoms with Crippen molar-refractivity contribution in [3.63, 3.8) is 0 Å². The lowest BCUT2D eigenvalue weighted by Gasteiger charge is -2.30. The molecule has 0 saturated carbocycles. The van der Waals surface area contributed by atoms with Crippen LogP contribution in [0.5, 0.6) is 17.2 Å². The lowest BCUT2D eigenvalue weighted by Crippen LogP contribution is -2.47. The SMILES string of the molecule is COc1cc(C(=O)N(CCC(=O)N2CCNCC2)C[C@@H]2CCCO2)cc(OC)c1OC. The van der Waals surface area contributed by atoms with Gasteiger partial charge in [0.05, 0.1) is 27.4 Å². The van der Waals surface area contributed by atoms with Crippen LogP contribution < -0.4 is 19.5 Å². The molecule has 0 aliphatic carbocycles. The Labute approximate surface area is 183 Å². The molecule has 2 fully saturated rings. The van der Waals surface area contributed by atoms with Gasteiger partial charge in [-0.25, -0.2) is 0 Å². The van der Waals surface area contributed by atoms with Gasteiger partial charge >= 0.3 is 0 Å². The molecule has 2 amide bonds. The zero-order chi connectivity index (χ0) is 22.2. The van der Waals surface area contributed by atoms with Crippen molar-refractivity contribution in [2.24, 2.45) is 0 Å². The Hall–Kier alpha value is -2.52. The van der Waals surface area contributed by atoms with Gasteiger partial charge in [-0.05, 0) is 25.0 Å². The van der Waals surface area contributed by atoms with Crippen molar-refractivity contribution in [2.75, 3.05) is 67.2 Å². The maximum absolute atomic E-state index is 13.4. The van der Waals surface area contributed by atoms with Crippen LogP contribution in [-0.2, 0) is 9.53 Å². The van der Waals surface area contributed by atoms with Crippen LogP contribution in [0.15, 0.2) is 12.1 Å². The fourth-order valence-electron chi connectivity index (χ4n) is 4.00. The molecule has 2 saturated heterocycles. The number of carbonyl (C=O) groups excluding carboxylic acids is 2. The van der Waals surface area contributed by atoms with Crippen molar-refractivity contribution >= 4 is 11.8 Å². The minimum Gasteiger partial charge on any atom is -0.493 e. The molecular formula is C22H33N3O6. The number of ether oxygens (including phenoxy) is 4. The van der Waals surface area contributed by atoms with E-state index in [1.807, 2.05) is 4.90 Å². The number of hydrogen-bond donors (Lipinski definition) is 1. The zero-order valence-electron chi connectivity index (χ0n) is 18.6. The highest BCUT2D eigenvalue weighted by Gasteiger charge is 2.27. The van der Waals surface area contributed by atoms with Gasteiger partial charge in [-0.1, -0.05) is 0 Å². The lowest BCUT2D eigenvalue weighted by molar-refractivity contribution is -0.132. The molecule has 0 aromatic heterocycles. The minimum absolute atomic E-state index is 0.0136. The Morgan fingerprint density at radius 3 is 2.35 bits per heavy atom. The molecule has 1 aromatic rings. The predicted octanol–water partition coefficient (Wildman–Crippen LogP) is 1.16. The van der Waals surface area contributed by atoms with Gasteiger partial charge in [0.25, 0.3) is 5.91 Å². The topological polar surface area (TPSA) is 89.6 Å². The molecule has 1 aromatic carbocycles. The van der Waals surface area contributed by atoms with Crippen LogP contribution in [0.4, 0.5) is 0 Å². The summed E-state index contributed by atoms with van der Waals surface area (Å²) >= 11 is 0. The summed E-state index contributed by atoms with van der Waals surface area (Å²) < 4.78 is 21.9. The molecule has 9 heteroatoms. The Bertz CT molecular complexity index is 735. The van der Waals surface area contributed by atoms with Crippen molar-refractivity contribution in [3.8, 4) is 17.2 Å². The third-order valence-corrected chi connectivity index (χ3v) is 5.71. The van der Waals surface area contributed by atoms with Crippen molar-refractivity contribution in [3.05, 3.63) is 17.7 Å². The summed E-state index contributed by atoms with van der Waals surface area (Å²) in [7, 11) is 4.55. The van der Waals surface area contributed by atoms with Gasteiger partial charge in [-0.15, -0.1) is 0 Å². The molecule has 31 heavy (non-hydrogen) atoms. The van der Waals surface area contributed by atoms with Crippen molar-refractivity contribution in [1.82, 2.24) is 15.1 Å². The van der Waals surface area contributed by atoms with E-state index in [1.54, 1.807) is 17.0 Å². The summed E-state index contributed by atoms with van der Waals surface area (Å²) in [5, 5.41) is 3.24. The van der Waals surface area contributed by atoms with Crippen molar-refractivity contribution < 1.29 is 28.5 Å². The van der Waals surface area contributed by atoms with E-state index in [0.717, 1.165) is 25.9 Å². The first-order valence-electron chi connectivity index (χ1n) is 10.8. The summed E-state index contributed by atoms with van der Waals surface area (Å²) in [5.41, 5.74) is 0.419. The van der Waals surface area contributed by atoms with Crippen LogP contribution in [0.1, 0.15) is 29.6 Å². The van der Waals surface area contributed by atoms with Gasteiger partial charge in [0.1, 0.15) is 0 Å². The van der Waals surface area contributed by atoms with Crippen LogP contribution in [0.25, 0.3) is 0 Å². The largest absolute Gasteiger partial charge is 0.493 e. The Balaban J connectivity index is 1.77. The van der Waals surface area contributed by atoms with E-state index in [9.17, 15) is 9.59 Å². The van der Waals surface area contributed by atoms with Gasteiger partial charge in [0.15, 0.2) is 11.5 Å². The monoisotopic (exact) mass is 435 g/mol. The van der Waals surface area contributed by atoms with Gasteiger partial charge in [-0.2, -0.15) is 0 Å². The molecule has 0 unspecified atom stereocenters. The highest BCUT2D eigenvalue weighted by atomic mass is 16.5. The lowest BCUT2D eigenvalue weighted by atomic mass is 10.1. The Morgan fingerprint density at radius 2 is 1.81 bits per heavy atom. The van der Waals surface area contributed by atoms with Crippen molar-refractivity contribution in [1.29, 1.82) is 0 Å². The molecule has 1 atom stereocenters. The third-order valence-electron chi connectivity index (χ3n) is 5.71. The fraction of sp³-hybridized carbons (Fsp3) is 0.636. The normalized spacial score (nSPS) is 18.5. The van der Waals surface area contributed by atoms with Crippen LogP contribution >= 0.6 is 0 Å². The van der Waals surface area contributed by atoms with E-state index in [4.69, 9.17) is 18.9 Å². The standard InChI is InChI=1S/C22H33N3O6/c1-28-18-13-16(14-19(29-2)21(18)30-3)22(27)25(15-17-5-4-12-31-17)9-6-20(26)24-10-7-23-8-11-24/h13-14,17,23H,4-12,15H2,1-3H3/t17-/m0/s1. The number of rotatable bonds is 9. The average Bonchev–Trinajstić information content (AvgIpc) is 3.33. The molecule has 0 radical (unpaired) electrons. The van der Waals surface area contributed by atoms with E-state index in [2.05, 4.69) is 5.32 Å². The predicted molar refractivity (Wildman–Crippen MR) is 115 cm³/mol. The van der Waals surface area contributed by atoms with E-state index in [-0.39, 0.29) is 24.3 Å². The summed E-state index contributed by atoms with van der Waals surface area (Å²) in [4.78, 5) is 29.7. The second kappa shape index (κ2) is 11.2. The van der Waals surface area contributed by atoms with Crippen LogP contribution in [0, 0.1) is 0 Å². The number of amides is 2. The number of piperazine rings is 1. The van der Waals surface area contributed by atoms with E-state index in [0.29, 0.717) is 55.6 Å². The van der Waals surface area contributed by atoms with Crippen molar-refractivity contribution in [2.45, 2.75) is 25.4 Å². The molecule has 0 bridgehead atoms. The van der Waals surface area contributed by atoms with Crippen LogP contribution in [0.3, 0.4) is 0 Å². The van der Waals surface area contributed by atoms with E-state index >= 15 is 0 Å². The summed E-state index contributed by atoms with van der Waals surface area (Å²) in [6, 6.07) is 3.29. The van der Waals surface area contributed by atoms with E-state index in [1.165, 1.54) is 21.3 Å². The first-order valence-corrected chi connectivity index (χ1v) is 10.8. The second-order valence-corrected chi connectivity index (χ2v) is 7.68. The fourth-order valence-corrected chi connectivity index (χ4v) is 4.00. The summed E-state index contributed by atoms with van der Waals surface area (Å²) in [6.45, 7) is 4.49. The molecule has 2 aliphatic rings. The Kier molecular flexibility index (Phi) is 8.36. The molecule has 9 nitrogen and oxygen atoms in total. The third kappa shape index (κ3) is 5.80. The van der Waals surface area contributed by atoms with E-state index < -0.39 is 0 Å². The molecule has 2 aliphatic heterocycles. The van der Waals surface area contributed by atoms with Gasteiger partial charge < -0.3 is 34.1 Å². The number of nitrogens with zero attached hydrogens (tertiary/aromatic N) is 2. The Morgan fingerprint density at radius 1 is 1.13 bits per heavy atom. The molecular weight excluding hydrogens is 402 g/mol. The molecule has 3 rings (SSSR count). The number of nitrogens with one attached hydrogen (secondary N) is 1. The van der Waals surface area contributed by atoms with Gasteiger partial charge in [0.2, 0.25) is 11.7 Å². The quantitative estimate of drug-likeness (QED) is 0.623. The first-order chi connectivity index (χ1) is 15.1. The summed E-state index contributed by atoms with van der Waals surface area (Å²) in [5.74, 6) is 1.14. The van der Waals surface area contributed by atoms with Crippen LogP contribution in [-0.4, -0.2) is 94.9 Å².